The zero-order valence-corrected chi connectivity index (χ0v) is 8.69. The summed E-state index contributed by atoms with van der Waals surface area (Å²) in [7, 11) is 0. The molecule has 1 aliphatic heterocycles. The van der Waals surface area contributed by atoms with Crippen LogP contribution < -0.4 is 5.32 Å². The third kappa shape index (κ3) is 1.41. The molecule has 0 saturated carbocycles. The normalized spacial score (nSPS) is 22.0. The van der Waals surface area contributed by atoms with Crippen molar-refractivity contribution in [1.29, 1.82) is 0 Å². The van der Waals surface area contributed by atoms with E-state index in [0.29, 0.717) is 6.04 Å². The minimum atomic E-state index is 0.599. The summed E-state index contributed by atoms with van der Waals surface area (Å²) in [6.07, 6.45) is 1.27. The molecule has 0 aromatic heterocycles. The van der Waals surface area contributed by atoms with Gasteiger partial charge in [-0.25, -0.2) is 0 Å². The van der Waals surface area contributed by atoms with Gasteiger partial charge in [-0.3, -0.25) is 0 Å². The molecular formula is C10H12BrN. The summed E-state index contributed by atoms with van der Waals surface area (Å²) in [5, 5.41) is 3.39. The molecule has 0 aliphatic carbocycles. The number of nitrogens with one attached hydrogen (secondary N) is 1. The number of hydrogen-bond acceptors (Lipinski definition) is 1. The lowest BCUT2D eigenvalue weighted by Crippen LogP contribution is -2.34. The Bertz CT molecular complexity index is 292. The Kier molecular flexibility index (Phi) is 2.20. The minimum Gasteiger partial charge on any atom is -0.310 e. The second-order valence-electron chi connectivity index (χ2n) is 3.30. The van der Waals surface area contributed by atoms with Gasteiger partial charge in [0, 0.05) is 10.5 Å². The van der Waals surface area contributed by atoms with Gasteiger partial charge in [-0.2, -0.15) is 0 Å². The molecule has 1 aliphatic rings. The van der Waals surface area contributed by atoms with Crippen molar-refractivity contribution in [3.05, 3.63) is 33.8 Å². The zero-order valence-electron chi connectivity index (χ0n) is 7.10. The van der Waals surface area contributed by atoms with E-state index < -0.39 is 0 Å². The van der Waals surface area contributed by atoms with Gasteiger partial charge in [-0.15, -0.1) is 0 Å². The fourth-order valence-corrected chi connectivity index (χ4v) is 1.80. The molecule has 1 fully saturated rings. The molecule has 0 radical (unpaired) electrons. The fourth-order valence-electron chi connectivity index (χ4n) is 1.40. The number of rotatable bonds is 1. The Labute approximate surface area is 81.3 Å². The van der Waals surface area contributed by atoms with Crippen molar-refractivity contribution in [2.75, 3.05) is 6.54 Å². The van der Waals surface area contributed by atoms with Crippen LogP contribution >= 0.6 is 15.9 Å². The van der Waals surface area contributed by atoms with E-state index in [9.17, 15) is 0 Å². The van der Waals surface area contributed by atoms with Gasteiger partial charge in [0.05, 0.1) is 0 Å². The molecule has 64 valence electrons. The zero-order chi connectivity index (χ0) is 8.55. The number of halogens is 1. The van der Waals surface area contributed by atoms with Gasteiger partial charge in [0.25, 0.3) is 0 Å². The SMILES string of the molecule is Cc1ccc([C@@H]2CCN2)cc1Br. The first-order chi connectivity index (χ1) is 5.77. The van der Waals surface area contributed by atoms with E-state index in [1.807, 2.05) is 0 Å². The molecule has 0 amide bonds. The summed E-state index contributed by atoms with van der Waals surface area (Å²) in [6, 6.07) is 7.18. The van der Waals surface area contributed by atoms with Gasteiger partial charge in [0.15, 0.2) is 0 Å². The van der Waals surface area contributed by atoms with E-state index in [-0.39, 0.29) is 0 Å². The Morgan fingerprint density at radius 1 is 1.50 bits per heavy atom. The molecule has 1 aromatic rings. The van der Waals surface area contributed by atoms with E-state index in [2.05, 4.69) is 46.4 Å². The van der Waals surface area contributed by atoms with E-state index in [1.54, 1.807) is 0 Å². The Morgan fingerprint density at radius 2 is 2.25 bits per heavy atom. The Morgan fingerprint density at radius 3 is 2.75 bits per heavy atom. The molecule has 1 saturated heterocycles. The van der Waals surface area contributed by atoms with Gasteiger partial charge in [0.1, 0.15) is 0 Å². The van der Waals surface area contributed by atoms with Crippen molar-refractivity contribution < 1.29 is 0 Å². The van der Waals surface area contributed by atoms with E-state index in [4.69, 9.17) is 0 Å². The van der Waals surface area contributed by atoms with Gasteiger partial charge < -0.3 is 5.32 Å². The van der Waals surface area contributed by atoms with Gasteiger partial charge in [0.2, 0.25) is 0 Å². The molecule has 1 nitrogen and oxygen atoms in total. The third-order valence-corrected chi connectivity index (χ3v) is 3.28. The van der Waals surface area contributed by atoms with Crippen LogP contribution in [0.25, 0.3) is 0 Å². The van der Waals surface area contributed by atoms with Crippen LogP contribution in [0.1, 0.15) is 23.6 Å². The molecule has 0 unspecified atom stereocenters. The highest BCUT2D eigenvalue weighted by Crippen LogP contribution is 2.26. The molecule has 2 heteroatoms. The standard InChI is InChI=1S/C10H12BrN/c1-7-2-3-8(6-9(7)11)10-4-5-12-10/h2-3,6,10,12H,4-5H2,1H3/t10-/m0/s1. The molecular weight excluding hydrogens is 214 g/mol. The van der Waals surface area contributed by atoms with Gasteiger partial charge in [-0.05, 0) is 37.1 Å². The van der Waals surface area contributed by atoms with E-state index in [1.165, 1.54) is 22.0 Å². The molecule has 1 aromatic carbocycles. The highest BCUT2D eigenvalue weighted by molar-refractivity contribution is 9.10. The molecule has 1 N–H and O–H groups in total. The van der Waals surface area contributed by atoms with Crippen molar-refractivity contribution in [2.24, 2.45) is 0 Å². The lowest BCUT2D eigenvalue weighted by Gasteiger charge is -2.28. The summed E-state index contributed by atoms with van der Waals surface area (Å²) in [5.41, 5.74) is 2.71. The highest BCUT2D eigenvalue weighted by atomic mass is 79.9. The van der Waals surface area contributed by atoms with Crippen molar-refractivity contribution >= 4 is 15.9 Å². The first-order valence-corrected chi connectivity index (χ1v) is 5.06. The van der Waals surface area contributed by atoms with Crippen LogP contribution in [0.4, 0.5) is 0 Å². The van der Waals surface area contributed by atoms with Crippen LogP contribution in [0.15, 0.2) is 22.7 Å². The summed E-state index contributed by atoms with van der Waals surface area (Å²) >= 11 is 3.54. The summed E-state index contributed by atoms with van der Waals surface area (Å²) < 4.78 is 1.22. The molecule has 2 rings (SSSR count). The van der Waals surface area contributed by atoms with Crippen molar-refractivity contribution in [1.82, 2.24) is 5.32 Å². The van der Waals surface area contributed by atoms with Crippen LogP contribution in [0.3, 0.4) is 0 Å². The van der Waals surface area contributed by atoms with Crippen LogP contribution in [0.5, 0.6) is 0 Å². The van der Waals surface area contributed by atoms with Crippen molar-refractivity contribution in [3.63, 3.8) is 0 Å². The van der Waals surface area contributed by atoms with E-state index in [0.717, 1.165) is 6.54 Å². The first-order valence-electron chi connectivity index (χ1n) is 4.27. The second-order valence-corrected chi connectivity index (χ2v) is 4.16. The maximum Gasteiger partial charge on any atom is 0.0332 e. The van der Waals surface area contributed by atoms with Crippen LogP contribution in [-0.4, -0.2) is 6.54 Å². The average molecular weight is 226 g/mol. The second kappa shape index (κ2) is 3.19. The number of hydrogen-bond donors (Lipinski definition) is 1. The quantitative estimate of drug-likeness (QED) is 0.776. The predicted octanol–water partition coefficient (Wildman–Crippen LogP) is 2.79. The van der Waals surface area contributed by atoms with Crippen molar-refractivity contribution in [2.45, 2.75) is 19.4 Å². The topological polar surface area (TPSA) is 12.0 Å². The molecule has 0 bridgehead atoms. The van der Waals surface area contributed by atoms with Crippen molar-refractivity contribution in [3.8, 4) is 0 Å². The van der Waals surface area contributed by atoms with Crippen LogP contribution in [0.2, 0.25) is 0 Å². The summed E-state index contributed by atoms with van der Waals surface area (Å²) in [5.74, 6) is 0. The fraction of sp³-hybridized carbons (Fsp3) is 0.400. The Balaban J connectivity index is 2.27. The molecule has 12 heavy (non-hydrogen) atoms. The lowest BCUT2D eigenvalue weighted by molar-refractivity contribution is 0.383. The third-order valence-electron chi connectivity index (χ3n) is 2.42. The largest absolute Gasteiger partial charge is 0.310 e. The number of benzene rings is 1. The van der Waals surface area contributed by atoms with Gasteiger partial charge >= 0.3 is 0 Å². The molecule has 1 heterocycles. The van der Waals surface area contributed by atoms with Crippen LogP contribution in [-0.2, 0) is 0 Å². The molecule has 0 spiro atoms. The summed E-state index contributed by atoms with van der Waals surface area (Å²) in [4.78, 5) is 0. The lowest BCUT2D eigenvalue weighted by atomic mass is 9.97. The van der Waals surface area contributed by atoms with Crippen LogP contribution in [0, 0.1) is 6.92 Å². The van der Waals surface area contributed by atoms with Gasteiger partial charge in [-0.1, -0.05) is 28.1 Å². The minimum absolute atomic E-state index is 0.599. The predicted molar refractivity (Wildman–Crippen MR) is 54.2 cm³/mol. The smallest absolute Gasteiger partial charge is 0.0332 e. The molecule has 1 atom stereocenters. The van der Waals surface area contributed by atoms with E-state index >= 15 is 0 Å². The first kappa shape index (κ1) is 8.27. The number of aryl methyl sites for hydroxylation is 1. The summed E-state index contributed by atoms with van der Waals surface area (Å²) in [6.45, 7) is 3.28. The maximum absolute atomic E-state index is 3.54. The average Bonchev–Trinajstić information content (AvgIpc) is 1.93. The monoisotopic (exact) mass is 225 g/mol. The maximum atomic E-state index is 3.54. The Hall–Kier alpha value is -0.340. The highest BCUT2D eigenvalue weighted by Gasteiger charge is 2.18.